The first-order valence-electron chi connectivity index (χ1n) is 7.54. The van der Waals surface area contributed by atoms with Gasteiger partial charge in [0.05, 0.1) is 12.5 Å². The molecule has 1 aliphatic rings. The molecule has 1 fully saturated rings. The van der Waals surface area contributed by atoms with Crippen LogP contribution >= 0.6 is 0 Å². The van der Waals surface area contributed by atoms with Gasteiger partial charge in [-0.1, -0.05) is 30.3 Å². The lowest BCUT2D eigenvalue weighted by molar-refractivity contribution is -0.139. The molecule has 1 aliphatic carbocycles. The number of carbonyl (C=O) groups is 2. The zero-order valence-electron chi connectivity index (χ0n) is 12.1. The predicted molar refractivity (Wildman–Crippen MR) is 78.9 cm³/mol. The van der Waals surface area contributed by atoms with Crippen molar-refractivity contribution in [2.24, 2.45) is 11.8 Å². The highest BCUT2D eigenvalue weighted by molar-refractivity contribution is 5.82. The molecule has 0 spiro atoms. The van der Waals surface area contributed by atoms with Crippen LogP contribution in [0.25, 0.3) is 0 Å². The van der Waals surface area contributed by atoms with Gasteiger partial charge in [0.1, 0.15) is 5.78 Å². The second kappa shape index (κ2) is 7.36. The van der Waals surface area contributed by atoms with Gasteiger partial charge < -0.3 is 10.2 Å². The molecule has 0 aromatic heterocycles. The van der Waals surface area contributed by atoms with Gasteiger partial charge in [0, 0.05) is 18.3 Å². The minimum Gasteiger partial charge on any atom is -0.481 e. The van der Waals surface area contributed by atoms with Crippen molar-refractivity contribution in [1.82, 2.24) is 0 Å². The van der Waals surface area contributed by atoms with Crippen molar-refractivity contribution >= 4 is 11.8 Å². The Morgan fingerprint density at radius 3 is 2.52 bits per heavy atom. The lowest BCUT2D eigenvalue weighted by Gasteiger charge is -2.19. The van der Waals surface area contributed by atoms with Gasteiger partial charge in [0.25, 0.3) is 0 Å². The van der Waals surface area contributed by atoms with Crippen molar-refractivity contribution in [3.05, 3.63) is 35.9 Å². The Morgan fingerprint density at radius 2 is 1.86 bits per heavy atom. The average molecular weight is 290 g/mol. The highest BCUT2D eigenvalue weighted by Crippen LogP contribution is 2.36. The topological polar surface area (TPSA) is 74.6 Å². The summed E-state index contributed by atoms with van der Waals surface area (Å²) in [6.07, 6.45) is 2.47. The first-order chi connectivity index (χ1) is 10.1. The number of Topliss-reactive ketones (excluding diaryl/α,β-unsaturated/α-hetero) is 1. The SMILES string of the molecule is O=C(O)C[C@@H]1[C@@H](C(=O)CCCc2ccccc2)CC[C@@H]1O. The van der Waals surface area contributed by atoms with Gasteiger partial charge in [-0.05, 0) is 31.2 Å². The summed E-state index contributed by atoms with van der Waals surface area (Å²) in [5, 5.41) is 18.7. The van der Waals surface area contributed by atoms with Crippen LogP contribution in [0.4, 0.5) is 0 Å². The third kappa shape index (κ3) is 4.39. The van der Waals surface area contributed by atoms with Crippen molar-refractivity contribution in [3.63, 3.8) is 0 Å². The third-order valence-electron chi connectivity index (χ3n) is 4.34. The molecule has 1 aromatic rings. The molecule has 0 amide bonds. The summed E-state index contributed by atoms with van der Waals surface area (Å²) in [5.74, 6) is -1.53. The summed E-state index contributed by atoms with van der Waals surface area (Å²) in [5.41, 5.74) is 1.21. The number of aliphatic hydroxyl groups excluding tert-OH is 1. The number of ketones is 1. The number of hydrogen-bond acceptors (Lipinski definition) is 3. The van der Waals surface area contributed by atoms with E-state index < -0.39 is 18.0 Å². The number of aryl methyl sites for hydroxylation is 1. The van der Waals surface area contributed by atoms with Crippen LogP contribution in [0.1, 0.15) is 37.7 Å². The monoisotopic (exact) mass is 290 g/mol. The molecule has 0 radical (unpaired) electrons. The first kappa shape index (κ1) is 15.7. The first-order valence-corrected chi connectivity index (χ1v) is 7.54. The standard InChI is InChI=1S/C17H22O4/c18-15(8-4-7-12-5-2-1-3-6-12)13-9-10-16(19)14(13)11-17(20)21/h1-3,5-6,13-14,16,19H,4,7-11H2,(H,20,21)/t13-,14+,16-/m0/s1. The highest BCUT2D eigenvalue weighted by atomic mass is 16.4. The van der Waals surface area contributed by atoms with Crippen LogP contribution in [-0.2, 0) is 16.0 Å². The van der Waals surface area contributed by atoms with Crippen molar-refractivity contribution in [1.29, 1.82) is 0 Å². The van der Waals surface area contributed by atoms with Crippen LogP contribution in [-0.4, -0.2) is 28.1 Å². The normalized spacial score (nSPS) is 24.9. The van der Waals surface area contributed by atoms with Crippen molar-refractivity contribution in [2.75, 3.05) is 0 Å². The minimum absolute atomic E-state index is 0.105. The number of hydrogen-bond donors (Lipinski definition) is 2. The van der Waals surface area contributed by atoms with Crippen molar-refractivity contribution in [2.45, 2.75) is 44.6 Å². The minimum atomic E-state index is -0.942. The number of aliphatic carboxylic acids is 1. The van der Waals surface area contributed by atoms with Gasteiger partial charge >= 0.3 is 5.97 Å². The fourth-order valence-corrected chi connectivity index (χ4v) is 3.22. The molecule has 0 bridgehead atoms. The van der Waals surface area contributed by atoms with Gasteiger partial charge in [-0.25, -0.2) is 0 Å². The second-order valence-electron chi connectivity index (χ2n) is 5.82. The maximum atomic E-state index is 12.3. The van der Waals surface area contributed by atoms with Crippen LogP contribution < -0.4 is 0 Å². The molecule has 2 N–H and O–H groups in total. The molecule has 0 heterocycles. The fourth-order valence-electron chi connectivity index (χ4n) is 3.22. The molecule has 0 aliphatic heterocycles. The molecule has 3 atom stereocenters. The molecule has 4 heteroatoms. The molecule has 0 saturated heterocycles. The Labute approximate surface area is 124 Å². The van der Waals surface area contributed by atoms with E-state index in [-0.39, 0.29) is 18.1 Å². The Morgan fingerprint density at radius 1 is 1.14 bits per heavy atom. The third-order valence-corrected chi connectivity index (χ3v) is 4.34. The smallest absolute Gasteiger partial charge is 0.303 e. The van der Waals surface area contributed by atoms with E-state index in [0.717, 1.165) is 12.8 Å². The van der Waals surface area contributed by atoms with Gasteiger partial charge in [0.2, 0.25) is 0 Å². The Hall–Kier alpha value is -1.68. The van der Waals surface area contributed by atoms with E-state index in [0.29, 0.717) is 19.3 Å². The quantitative estimate of drug-likeness (QED) is 0.809. The largest absolute Gasteiger partial charge is 0.481 e. The number of rotatable bonds is 7. The van der Waals surface area contributed by atoms with E-state index in [1.54, 1.807) is 0 Å². The maximum absolute atomic E-state index is 12.3. The molecule has 21 heavy (non-hydrogen) atoms. The Balaban J connectivity index is 1.83. The van der Waals surface area contributed by atoms with E-state index in [9.17, 15) is 14.7 Å². The molecule has 1 saturated carbocycles. The molecule has 4 nitrogen and oxygen atoms in total. The van der Waals surface area contributed by atoms with Gasteiger partial charge in [0.15, 0.2) is 0 Å². The van der Waals surface area contributed by atoms with Crippen LogP contribution in [0, 0.1) is 11.8 Å². The molecular weight excluding hydrogens is 268 g/mol. The zero-order chi connectivity index (χ0) is 15.2. The van der Waals surface area contributed by atoms with E-state index in [2.05, 4.69) is 0 Å². The Kier molecular flexibility index (Phi) is 5.51. The average Bonchev–Trinajstić information content (AvgIpc) is 2.81. The van der Waals surface area contributed by atoms with Crippen LogP contribution in [0.15, 0.2) is 30.3 Å². The number of aliphatic hydroxyl groups is 1. The number of carbonyl (C=O) groups excluding carboxylic acids is 1. The molecule has 1 aromatic carbocycles. The van der Waals surface area contributed by atoms with Crippen LogP contribution in [0.3, 0.4) is 0 Å². The second-order valence-corrected chi connectivity index (χ2v) is 5.82. The zero-order valence-corrected chi connectivity index (χ0v) is 12.1. The van der Waals surface area contributed by atoms with E-state index in [1.807, 2.05) is 30.3 Å². The number of benzene rings is 1. The lowest BCUT2D eigenvalue weighted by Crippen LogP contribution is -2.27. The molecular formula is C17H22O4. The van der Waals surface area contributed by atoms with Crippen molar-refractivity contribution < 1.29 is 19.8 Å². The van der Waals surface area contributed by atoms with E-state index in [1.165, 1.54) is 5.56 Å². The van der Waals surface area contributed by atoms with Gasteiger partial charge in [-0.15, -0.1) is 0 Å². The number of carboxylic acid groups (broad SMARTS) is 1. The summed E-state index contributed by atoms with van der Waals surface area (Å²) in [6, 6.07) is 10.00. The van der Waals surface area contributed by atoms with Gasteiger partial charge in [-0.2, -0.15) is 0 Å². The molecule has 2 rings (SSSR count). The molecule has 114 valence electrons. The van der Waals surface area contributed by atoms with Crippen molar-refractivity contribution in [3.8, 4) is 0 Å². The fraction of sp³-hybridized carbons (Fsp3) is 0.529. The van der Waals surface area contributed by atoms with Crippen LogP contribution in [0.2, 0.25) is 0 Å². The maximum Gasteiger partial charge on any atom is 0.303 e. The van der Waals surface area contributed by atoms with Crippen LogP contribution in [0.5, 0.6) is 0 Å². The van der Waals surface area contributed by atoms with E-state index >= 15 is 0 Å². The lowest BCUT2D eigenvalue weighted by atomic mass is 9.86. The molecule has 0 unspecified atom stereocenters. The Bertz CT molecular complexity index is 483. The summed E-state index contributed by atoms with van der Waals surface area (Å²) in [6.45, 7) is 0. The number of carboxylic acids is 1. The summed E-state index contributed by atoms with van der Waals surface area (Å²) < 4.78 is 0. The summed E-state index contributed by atoms with van der Waals surface area (Å²) >= 11 is 0. The van der Waals surface area contributed by atoms with Gasteiger partial charge in [-0.3, -0.25) is 9.59 Å². The van der Waals surface area contributed by atoms with E-state index in [4.69, 9.17) is 5.11 Å². The predicted octanol–water partition coefficient (Wildman–Crippen LogP) is 2.44. The summed E-state index contributed by atoms with van der Waals surface area (Å²) in [7, 11) is 0. The highest BCUT2D eigenvalue weighted by Gasteiger charge is 2.39. The summed E-state index contributed by atoms with van der Waals surface area (Å²) in [4.78, 5) is 23.1.